The van der Waals surface area contributed by atoms with Crippen LogP contribution in [0.5, 0.6) is 5.75 Å². The Bertz CT molecular complexity index is 313. The molecule has 0 atom stereocenters. The number of aromatic nitrogens is 1. The van der Waals surface area contributed by atoms with Gasteiger partial charge in [-0.3, -0.25) is 0 Å². The van der Waals surface area contributed by atoms with Gasteiger partial charge in [0.05, 0.1) is 6.20 Å². The predicted molar refractivity (Wildman–Crippen MR) is 40.7 cm³/mol. The average Bonchev–Trinajstić information content (AvgIpc) is 1.93. The van der Waals surface area contributed by atoms with Gasteiger partial charge >= 0.3 is 6.36 Å². The van der Waals surface area contributed by atoms with Crippen LogP contribution in [0.15, 0.2) is 12.3 Å². The smallest absolute Gasteiger partial charge is 0.404 e. The van der Waals surface area contributed by atoms with Crippen molar-refractivity contribution in [1.82, 2.24) is 4.98 Å². The molecule has 1 rings (SSSR count). The molecule has 0 saturated heterocycles. The van der Waals surface area contributed by atoms with Gasteiger partial charge in [0.25, 0.3) is 0 Å². The lowest BCUT2D eigenvalue weighted by atomic mass is 10.3. The zero-order valence-corrected chi connectivity index (χ0v) is 7.28. The lowest BCUT2D eigenvalue weighted by molar-refractivity contribution is -0.274. The van der Waals surface area contributed by atoms with Gasteiger partial charge in [-0.15, -0.1) is 13.2 Å². The number of alkyl halides is 3. The number of nitrogens with zero attached hydrogens (tertiary/aromatic N) is 1. The van der Waals surface area contributed by atoms with Crippen LogP contribution in [0.4, 0.5) is 13.2 Å². The van der Waals surface area contributed by atoms with Crippen LogP contribution in [-0.2, 0) is 0 Å². The van der Waals surface area contributed by atoms with Crippen LogP contribution in [0.1, 0.15) is 5.56 Å². The molecular formula is C7H5ClF3NO. The topological polar surface area (TPSA) is 22.1 Å². The summed E-state index contributed by atoms with van der Waals surface area (Å²) in [6.07, 6.45) is -3.76. The second kappa shape index (κ2) is 3.41. The summed E-state index contributed by atoms with van der Waals surface area (Å²) in [5.41, 5.74) is 0.289. The minimum Gasteiger partial charge on any atom is -0.404 e. The third-order valence-corrected chi connectivity index (χ3v) is 1.46. The molecule has 6 heteroatoms. The third kappa shape index (κ3) is 3.10. The van der Waals surface area contributed by atoms with Gasteiger partial charge in [0, 0.05) is 0 Å². The van der Waals surface area contributed by atoms with Crippen molar-refractivity contribution >= 4 is 11.6 Å². The van der Waals surface area contributed by atoms with Gasteiger partial charge < -0.3 is 4.74 Å². The molecule has 0 aliphatic heterocycles. The van der Waals surface area contributed by atoms with E-state index in [0.717, 1.165) is 6.20 Å². The molecule has 0 N–H and O–H groups in total. The normalized spacial score (nSPS) is 11.5. The van der Waals surface area contributed by atoms with Crippen molar-refractivity contribution in [3.05, 3.63) is 23.0 Å². The molecule has 0 aliphatic rings. The van der Waals surface area contributed by atoms with Gasteiger partial charge in [-0.05, 0) is 18.6 Å². The molecule has 1 aromatic heterocycles. The molecule has 0 spiro atoms. The highest BCUT2D eigenvalue weighted by molar-refractivity contribution is 6.29. The van der Waals surface area contributed by atoms with Gasteiger partial charge in [-0.1, -0.05) is 11.6 Å². The van der Waals surface area contributed by atoms with Crippen molar-refractivity contribution in [1.29, 1.82) is 0 Å². The van der Waals surface area contributed by atoms with E-state index in [9.17, 15) is 13.2 Å². The molecule has 72 valence electrons. The highest BCUT2D eigenvalue weighted by Crippen LogP contribution is 2.26. The Labute approximate surface area is 77.3 Å². The highest BCUT2D eigenvalue weighted by atomic mass is 35.5. The number of rotatable bonds is 1. The highest BCUT2D eigenvalue weighted by Gasteiger charge is 2.31. The fourth-order valence-corrected chi connectivity index (χ4v) is 0.953. The Balaban J connectivity index is 2.90. The number of hydrogen-bond donors (Lipinski definition) is 0. The Morgan fingerprint density at radius 2 is 2.08 bits per heavy atom. The average molecular weight is 212 g/mol. The number of hydrogen-bond acceptors (Lipinski definition) is 2. The van der Waals surface area contributed by atoms with Gasteiger partial charge in [-0.2, -0.15) is 0 Å². The lowest BCUT2D eigenvalue weighted by Gasteiger charge is -2.10. The van der Waals surface area contributed by atoms with E-state index in [1.807, 2.05) is 0 Å². The van der Waals surface area contributed by atoms with Crippen molar-refractivity contribution in [3.63, 3.8) is 0 Å². The molecule has 0 unspecified atom stereocenters. The van der Waals surface area contributed by atoms with E-state index < -0.39 is 6.36 Å². The molecule has 1 heterocycles. The zero-order valence-electron chi connectivity index (χ0n) is 6.52. The van der Waals surface area contributed by atoms with E-state index in [2.05, 4.69) is 9.72 Å². The molecule has 0 bridgehead atoms. The van der Waals surface area contributed by atoms with Gasteiger partial charge in [-0.25, -0.2) is 4.98 Å². The van der Waals surface area contributed by atoms with Gasteiger partial charge in [0.2, 0.25) is 0 Å². The molecule has 0 amide bonds. The van der Waals surface area contributed by atoms with Crippen molar-refractivity contribution in [2.24, 2.45) is 0 Å². The zero-order chi connectivity index (χ0) is 10.1. The molecule has 13 heavy (non-hydrogen) atoms. The molecular weight excluding hydrogens is 207 g/mol. The van der Waals surface area contributed by atoms with Crippen molar-refractivity contribution in [2.75, 3.05) is 0 Å². The largest absolute Gasteiger partial charge is 0.573 e. The van der Waals surface area contributed by atoms with E-state index in [1.165, 1.54) is 13.0 Å². The molecule has 0 aliphatic carbocycles. The summed E-state index contributed by atoms with van der Waals surface area (Å²) >= 11 is 5.44. The predicted octanol–water partition coefficient (Wildman–Crippen LogP) is 2.94. The summed E-state index contributed by atoms with van der Waals surface area (Å²) in [5, 5.41) is 0.132. The molecule has 1 aromatic rings. The fourth-order valence-electron chi connectivity index (χ4n) is 0.741. The first-order chi connectivity index (χ1) is 5.88. The third-order valence-electron chi connectivity index (χ3n) is 1.26. The van der Waals surface area contributed by atoms with E-state index >= 15 is 0 Å². The maximum absolute atomic E-state index is 11.7. The molecule has 0 aromatic carbocycles. The second-order valence-corrected chi connectivity index (χ2v) is 2.71. The summed E-state index contributed by atoms with van der Waals surface area (Å²) in [4.78, 5) is 3.46. The van der Waals surface area contributed by atoms with Crippen LogP contribution in [0.3, 0.4) is 0 Å². The van der Waals surface area contributed by atoms with Crippen molar-refractivity contribution in [3.8, 4) is 5.75 Å². The molecule has 0 fully saturated rings. The Hall–Kier alpha value is -0.970. The number of aryl methyl sites for hydroxylation is 1. The van der Waals surface area contributed by atoms with Crippen molar-refractivity contribution < 1.29 is 17.9 Å². The minimum absolute atomic E-state index is 0.132. The minimum atomic E-state index is -4.69. The summed E-state index contributed by atoms with van der Waals surface area (Å²) in [6, 6.07) is 1.29. The van der Waals surface area contributed by atoms with Crippen LogP contribution in [0.2, 0.25) is 5.15 Å². The Morgan fingerprint density at radius 1 is 1.46 bits per heavy atom. The van der Waals surface area contributed by atoms with Gasteiger partial charge in [0.15, 0.2) is 5.75 Å². The van der Waals surface area contributed by atoms with E-state index in [1.54, 1.807) is 0 Å². The first-order valence-electron chi connectivity index (χ1n) is 3.26. The molecule has 2 nitrogen and oxygen atoms in total. The summed E-state index contributed by atoms with van der Waals surface area (Å²) in [6.45, 7) is 1.45. The Morgan fingerprint density at radius 3 is 2.54 bits per heavy atom. The fraction of sp³-hybridized carbons (Fsp3) is 0.286. The number of ether oxygens (including phenoxy) is 1. The quantitative estimate of drug-likeness (QED) is 0.667. The first kappa shape index (κ1) is 10.1. The first-order valence-corrected chi connectivity index (χ1v) is 3.64. The summed E-state index contributed by atoms with van der Waals surface area (Å²) in [7, 11) is 0. The molecule has 0 radical (unpaired) electrons. The molecule has 0 saturated carbocycles. The van der Waals surface area contributed by atoms with Gasteiger partial charge in [0.1, 0.15) is 5.15 Å². The second-order valence-electron chi connectivity index (χ2n) is 2.32. The van der Waals surface area contributed by atoms with Crippen LogP contribution in [0.25, 0.3) is 0 Å². The van der Waals surface area contributed by atoms with Crippen LogP contribution in [-0.4, -0.2) is 11.3 Å². The summed E-state index contributed by atoms with van der Waals surface area (Å²) in [5.74, 6) is -0.336. The Kier molecular flexibility index (Phi) is 2.66. The van der Waals surface area contributed by atoms with E-state index in [4.69, 9.17) is 11.6 Å². The maximum atomic E-state index is 11.7. The van der Waals surface area contributed by atoms with Crippen LogP contribution >= 0.6 is 11.6 Å². The maximum Gasteiger partial charge on any atom is 0.573 e. The number of halogens is 4. The monoisotopic (exact) mass is 211 g/mol. The summed E-state index contributed by atoms with van der Waals surface area (Å²) < 4.78 is 38.9. The van der Waals surface area contributed by atoms with E-state index in [-0.39, 0.29) is 16.5 Å². The lowest BCUT2D eigenvalue weighted by Crippen LogP contribution is -2.17. The standard InChI is InChI=1S/C7H5ClF3NO/c1-4-2-6(8)12-3-5(4)13-7(9,10)11/h2-3H,1H3. The van der Waals surface area contributed by atoms with Crippen LogP contribution < -0.4 is 4.74 Å². The van der Waals surface area contributed by atoms with Crippen molar-refractivity contribution in [2.45, 2.75) is 13.3 Å². The number of pyridine rings is 1. The SMILES string of the molecule is Cc1cc(Cl)ncc1OC(F)(F)F. The van der Waals surface area contributed by atoms with E-state index in [0.29, 0.717) is 0 Å². The van der Waals surface area contributed by atoms with Crippen LogP contribution in [0, 0.1) is 6.92 Å².